The van der Waals surface area contributed by atoms with Crippen molar-refractivity contribution in [2.24, 2.45) is 0 Å². The summed E-state index contributed by atoms with van der Waals surface area (Å²) in [6.45, 7) is 3.72. The van der Waals surface area contributed by atoms with Crippen LogP contribution in [0.15, 0.2) is 59.7 Å². The third-order valence-corrected chi connectivity index (χ3v) is 6.55. The Morgan fingerprint density at radius 3 is 2.74 bits per heavy atom. The Labute approximate surface area is 199 Å². The van der Waals surface area contributed by atoms with Gasteiger partial charge < -0.3 is 14.2 Å². The van der Waals surface area contributed by atoms with Gasteiger partial charge in [-0.1, -0.05) is 17.7 Å². The van der Waals surface area contributed by atoms with E-state index in [-0.39, 0.29) is 5.56 Å². The zero-order valence-electron chi connectivity index (χ0n) is 16.9. The number of anilines is 1. The molecule has 0 N–H and O–H groups in total. The third-order valence-electron chi connectivity index (χ3n) is 5.70. The number of aromatic nitrogens is 2. The second-order valence-electron chi connectivity index (χ2n) is 7.77. The van der Waals surface area contributed by atoms with Crippen molar-refractivity contribution in [3.63, 3.8) is 0 Å². The molecule has 31 heavy (non-hydrogen) atoms. The van der Waals surface area contributed by atoms with Gasteiger partial charge in [-0.2, -0.15) is 0 Å². The lowest BCUT2D eigenvalue weighted by Gasteiger charge is -2.29. The molecule has 5 nitrogen and oxygen atoms in total. The molecule has 1 saturated heterocycles. The molecule has 158 valence electrons. The van der Waals surface area contributed by atoms with E-state index >= 15 is 0 Å². The van der Waals surface area contributed by atoms with E-state index in [1.165, 1.54) is 0 Å². The molecular formula is C24H21ClIN3O2. The lowest BCUT2D eigenvalue weighted by atomic mass is 10.0. The fraction of sp³-hybridized carbons (Fsp3) is 0.250. The zero-order valence-corrected chi connectivity index (χ0v) is 19.8. The Kier molecular flexibility index (Phi) is 5.86. The van der Waals surface area contributed by atoms with E-state index in [2.05, 4.69) is 39.6 Å². The first-order valence-corrected chi connectivity index (χ1v) is 11.7. The predicted octanol–water partition coefficient (Wildman–Crippen LogP) is 4.37. The van der Waals surface area contributed by atoms with Crippen molar-refractivity contribution >= 4 is 45.5 Å². The van der Waals surface area contributed by atoms with E-state index in [1.807, 2.05) is 36.7 Å². The summed E-state index contributed by atoms with van der Waals surface area (Å²) in [6.07, 6.45) is 6.77. The van der Waals surface area contributed by atoms with E-state index < -0.39 is 0 Å². The molecule has 1 aromatic carbocycles. The average Bonchev–Trinajstić information content (AvgIpc) is 3.18. The highest BCUT2D eigenvalue weighted by Crippen LogP contribution is 2.33. The maximum absolute atomic E-state index is 12.9. The smallest absolute Gasteiger partial charge is 0.251 e. The maximum Gasteiger partial charge on any atom is 0.251 e. The highest BCUT2D eigenvalue weighted by Gasteiger charge is 2.20. The van der Waals surface area contributed by atoms with Crippen molar-refractivity contribution in [3.8, 4) is 0 Å². The summed E-state index contributed by atoms with van der Waals surface area (Å²) in [7, 11) is 0. The molecule has 1 aliphatic carbocycles. The lowest BCUT2D eigenvalue weighted by molar-refractivity contribution is 0.122. The van der Waals surface area contributed by atoms with Crippen molar-refractivity contribution in [2.75, 3.05) is 31.2 Å². The summed E-state index contributed by atoms with van der Waals surface area (Å²) in [5.74, 6) is 0. The van der Waals surface area contributed by atoms with E-state index in [0.717, 1.165) is 69.9 Å². The first kappa shape index (κ1) is 20.7. The third kappa shape index (κ3) is 4.42. The molecule has 3 aromatic rings. The van der Waals surface area contributed by atoms with E-state index in [9.17, 15) is 4.79 Å². The minimum Gasteiger partial charge on any atom is -0.378 e. The SMILES string of the molecule is O=c1cc(C2=CCc3ncc(N4CCOCC4)cc32)ccn1Cc1cc(Cl)cc(I)c1. The highest BCUT2D eigenvalue weighted by atomic mass is 127. The van der Waals surface area contributed by atoms with Gasteiger partial charge in [0.15, 0.2) is 0 Å². The van der Waals surface area contributed by atoms with Gasteiger partial charge in [-0.3, -0.25) is 9.78 Å². The van der Waals surface area contributed by atoms with Crippen LogP contribution in [0.5, 0.6) is 0 Å². The molecule has 0 bridgehead atoms. The molecule has 0 radical (unpaired) electrons. The number of halogens is 2. The minimum absolute atomic E-state index is 0.0286. The van der Waals surface area contributed by atoms with Crippen LogP contribution >= 0.6 is 34.2 Å². The van der Waals surface area contributed by atoms with Crippen LogP contribution in [0.25, 0.3) is 5.57 Å². The molecule has 0 unspecified atom stereocenters. The van der Waals surface area contributed by atoms with E-state index in [4.69, 9.17) is 21.3 Å². The van der Waals surface area contributed by atoms with Crippen LogP contribution in [0.2, 0.25) is 5.02 Å². The molecule has 7 heteroatoms. The summed E-state index contributed by atoms with van der Waals surface area (Å²) < 4.78 is 8.23. The van der Waals surface area contributed by atoms with E-state index in [1.54, 1.807) is 10.6 Å². The van der Waals surface area contributed by atoms with Crippen molar-refractivity contribution < 1.29 is 4.74 Å². The molecule has 0 saturated carbocycles. The van der Waals surface area contributed by atoms with Gasteiger partial charge in [0.1, 0.15) is 0 Å². The van der Waals surface area contributed by atoms with Crippen molar-refractivity contribution in [1.29, 1.82) is 0 Å². The number of allylic oxidation sites excluding steroid dienone is 1. The number of benzene rings is 1. The van der Waals surface area contributed by atoms with Crippen LogP contribution in [-0.2, 0) is 17.7 Å². The molecular weight excluding hydrogens is 525 g/mol. The number of nitrogens with zero attached hydrogens (tertiary/aromatic N) is 3. The Morgan fingerprint density at radius 2 is 1.97 bits per heavy atom. The van der Waals surface area contributed by atoms with Gasteiger partial charge in [0.05, 0.1) is 37.3 Å². The Hall–Kier alpha value is -2.16. The molecule has 1 aliphatic heterocycles. The maximum atomic E-state index is 12.9. The first-order chi connectivity index (χ1) is 15.1. The molecule has 3 heterocycles. The topological polar surface area (TPSA) is 47.4 Å². The summed E-state index contributed by atoms with van der Waals surface area (Å²) in [6, 6.07) is 11.8. The standard InChI is InChI=1S/C24H21ClIN3O2/c25-18-9-16(10-19(26)12-18)15-29-4-3-17(11-24(29)30)21-1-2-23-22(21)13-20(14-27-23)28-5-7-31-8-6-28/h1,3-4,9-14H,2,5-8,15H2. The summed E-state index contributed by atoms with van der Waals surface area (Å²) in [4.78, 5) is 19.9. The molecule has 1 fully saturated rings. The van der Waals surface area contributed by atoms with Crippen LogP contribution in [0.1, 0.15) is 22.4 Å². The van der Waals surface area contributed by atoms with Crippen LogP contribution < -0.4 is 10.5 Å². The number of hydrogen-bond acceptors (Lipinski definition) is 4. The monoisotopic (exact) mass is 545 g/mol. The van der Waals surface area contributed by atoms with E-state index in [0.29, 0.717) is 11.6 Å². The summed E-state index contributed by atoms with van der Waals surface area (Å²) in [5, 5.41) is 0.683. The largest absolute Gasteiger partial charge is 0.378 e. The minimum atomic E-state index is -0.0286. The first-order valence-electron chi connectivity index (χ1n) is 10.2. The van der Waals surface area contributed by atoms with Crippen molar-refractivity contribution in [3.05, 3.63) is 96.2 Å². The Bertz CT molecular complexity index is 1210. The van der Waals surface area contributed by atoms with Crippen LogP contribution in [0.3, 0.4) is 0 Å². The van der Waals surface area contributed by atoms with Crippen molar-refractivity contribution in [2.45, 2.75) is 13.0 Å². The van der Waals surface area contributed by atoms with Crippen LogP contribution in [-0.4, -0.2) is 35.9 Å². The highest BCUT2D eigenvalue weighted by molar-refractivity contribution is 14.1. The second kappa shape index (κ2) is 8.76. The fourth-order valence-electron chi connectivity index (χ4n) is 4.16. The number of morpholine rings is 1. The van der Waals surface area contributed by atoms with Crippen LogP contribution in [0, 0.1) is 3.57 Å². The van der Waals surface area contributed by atoms with Crippen LogP contribution in [0.4, 0.5) is 5.69 Å². The zero-order chi connectivity index (χ0) is 21.4. The van der Waals surface area contributed by atoms with Gasteiger partial charge in [-0.25, -0.2) is 0 Å². The summed E-state index contributed by atoms with van der Waals surface area (Å²) in [5.41, 5.74) is 6.28. The van der Waals surface area contributed by atoms with Gasteiger partial charge in [0.2, 0.25) is 0 Å². The van der Waals surface area contributed by atoms with Gasteiger partial charge in [-0.15, -0.1) is 0 Å². The van der Waals surface area contributed by atoms with Gasteiger partial charge in [0, 0.05) is 45.9 Å². The van der Waals surface area contributed by atoms with Crippen molar-refractivity contribution in [1.82, 2.24) is 9.55 Å². The number of rotatable bonds is 4. The molecule has 0 spiro atoms. The van der Waals surface area contributed by atoms with Gasteiger partial charge in [0.25, 0.3) is 5.56 Å². The molecule has 0 atom stereocenters. The number of ether oxygens (including phenoxy) is 1. The average molecular weight is 546 g/mol. The lowest BCUT2D eigenvalue weighted by Crippen LogP contribution is -2.36. The molecule has 2 aromatic heterocycles. The van der Waals surface area contributed by atoms with Gasteiger partial charge >= 0.3 is 0 Å². The normalized spacial score (nSPS) is 15.7. The van der Waals surface area contributed by atoms with Gasteiger partial charge in [-0.05, 0) is 69.6 Å². The number of pyridine rings is 2. The molecule has 2 aliphatic rings. The Morgan fingerprint density at radius 1 is 1.13 bits per heavy atom. The Balaban J connectivity index is 1.42. The second-order valence-corrected chi connectivity index (χ2v) is 9.45. The molecule has 0 amide bonds. The quantitative estimate of drug-likeness (QED) is 0.457. The summed E-state index contributed by atoms with van der Waals surface area (Å²) >= 11 is 8.40. The fourth-order valence-corrected chi connectivity index (χ4v) is 5.34. The predicted molar refractivity (Wildman–Crippen MR) is 132 cm³/mol. The number of hydrogen-bond donors (Lipinski definition) is 0. The number of fused-ring (bicyclic) bond motifs is 1. The molecule has 5 rings (SSSR count).